The van der Waals surface area contributed by atoms with E-state index in [1.54, 1.807) is 18.3 Å². The second-order valence-electron chi connectivity index (χ2n) is 3.28. The van der Waals surface area contributed by atoms with Crippen molar-refractivity contribution in [2.24, 2.45) is 5.84 Å². The van der Waals surface area contributed by atoms with Crippen LogP contribution in [0.5, 0.6) is 0 Å². The summed E-state index contributed by atoms with van der Waals surface area (Å²) in [6, 6.07) is 3.14. The molecule has 0 aliphatic heterocycles. The first-order chi connectivity index (χ1) is 8.70. The lowest BCUT2D eigenvalue weighted by molar-refractivity contribution is 0.0946. The number of amides is 1. The zero-order chi connectivity index (χ0) is 13.0. The Balaban J connectivity index is 2.08. The van der Waals surface area contributed by atoms with Crippen molar-refractivity contribution in [3.05, 3.63) is 39.4 Å². The summed E-state index contributed by atoms with van der Waals surface area (Å²) >= 11 is 7.36. The molecule has 0 radical (unpaired) electrons. The highest BCUT2D eigenvalue weighted by atomic mass is 35.5. The van der Waals surface area contributed by atoms with Crippen molar-refractivity contribution in [3.8, 4) is 0 Å². The molecule has 1 amide bonds. The highest BCUT2D eigenvalue weighted by Gasteiger charge is 2.13. The lowest BCUT2D eigenvalue weighted by Crippen LogP contribution is -2.24. The van der Waals surface area contributed by atoms with Crippen LogP contribution >= 0.6 is 22.9 Å². The third kappa shape index (κ3) is 2.95. The van der Waals surface area contributed by atoms with Crippen LogP contribution in [0, 0.1) is 0 Å². The number of hydrogen-bond acceptors (Lipinski definition) is 6. The summed E-state index contributed by atoms with van der Waals surface area (Å²) in [5.74, 6) is 5.23. The predicted molar refractivity (Wildman–Crippen MR) is 70.3 cm³/mol. The summed E-state index contributed by atoms with van der Waals surface area (Å²) in [5.41, 5.74) is 2.49. The summed E-state index contributed by atoms with van der Waals surface area (Å²) in [6.07, 6.45) is 1.68. The smallest absolute Gasteiger partial charge is 0.271 e. The average molecular weight is 284 g/mol. The fraction of sp³-hybridized carbons (Fsp3) is 0.100. The number of hydrazine groups is 1. The van der Waals surface area contributed by atoms with Crippen molar-refractivity contribution in [2.45, 2.75) is 6.54 Å². The lowest BCUT2D eigenvalue weighted by Gasteiger charge is -2.06. The Kier molecular flexibility index (Phi) is 4.08. The summed E-state index contributed by atoms with van der Waals surface area (Å²) in [6.45, 7) is 0.342. The van der Waals surface area contributed by atoms with Crippen LogP contribution in [0.4, 0.5) is 5.82 Å². The molecule has 94 valence electrons. The number of nitrogens with one attached hydrogen (secondary N) is 2. The standard InChI is InChI=1S/C10H10ClN5OS/c11-6-1-2-7(16-12)15-9(6)10(17)14-5-8-13-3-4-18-8/h1-4H,5,12H2,(H,14,17)(H,15,16). The van der Waals surface area contributed by atoms with Crippen LogP contribution in [-0.2, 0) is 6.54 Å². The van der Waals surface area contributed by atoms with Gasteiger partial charge in [0, 0.05) is 11.6 Å². The number of nitrogen functional groups attached to an aromatic ring is 1. The molecule has 18 heavy (non-hydrogen) atoms. The molecule has 0 saturated carbocycles. The molecule has 6 nitrogen and oxygen atoms in total. The molecular weight excluding hydrogens is 274 g/mol. The van der Waals surface area contributed by atoms with Gasteiger partial charge in [0.25, 0.3) is 5.91 Å². The first-order valence-electron chi connectivity index (χ1n) is 5.00. The molecule has 0 atom stereocenters. The molecule has 0 aromatic carbocycles. The minimum Gasteiger partial charge on any atom is -0.344 e. The Labute approximate surface area is 112 Å². The lowest BCUT2D eigenvalue weighted by atomic mass is 10.3. The first-order valence-corrected chi connectivity index (χ1v) is 6.26. The maximum Gasteiger partial charge on any atom is 0.271 e. The summed E-state index contributed by atoms with van der Waals surface area (Å²) in [4.78, 5) is 19.9. The zero-order valence-electron chi connectivity index (χ0n) is 9.18. The quantitative estimate of drug-likeness (QED) is 0.583. The van der Waals surface area contributed by atoms with Crippen molar-refractivity contribution >= 4 is 34.7 Å². The minimum atomic E-state index is -0.368. The molecule has 2 rings (SSSR count). The van der Waals surface area contributed by atoms with E-state index in [-0.39, 0.29) is 16.6 Å². The average Bonchev–Trinajstić information content (AvgIpc) is 2.89. The van der Waals surface area contributed by atoms with Gasteiger partial charge in [0.15, 0.2) is 0 Å². The Hall–Kier alpha value is -1.70. The normalized spacial score (nSPS) is 10.1. The SMILES string of the molecule is NNc1ccc(Cl)c(C(=O)NCc2nccs2)n1. The molecule has 2 heterocycles. The molecule has 0 unspecified atom stereocenters. The Morgan fingerprint density at radius 3 is 3.00 bits per heavy atom. The summed E-state index contributed by atoms with van der Waals surface area (Å²) in [7, 11) is 0. The molecule has 0 aliphatic carbocycles. The highest BCUT2D eigenvalue weighted by Crippen LogP contribution is 2.16. The van der Waals surface area contributed by atoms with Crippen LogP contribution in [0.3, 0.4) is 0 Å². The van der Waals surface area contributed by atoms with E-state index in [2.05, 4.69) is 20.7 Å². The van der Waals surface area contributed by atoms with Crippen molar-refractivity contribution in [2.75, 3.05) is 5.43 Å². The van der Waals surface area contributed by atoms with Gasteiger partial charge in [-0.2, -0.15) is 0 Å². The minimum absolute atomic E-state index is 0.128. The van der Waals surface area contributed by atoms with Crippen LogP contribution in [0.2, 0.25) is 5.02 Å². The molecule has 0 saturated heterocycles. The van der Waals surface area contributed by atoms with Crippen molar-refractivity contribution < 1.29 is 4.79 Å². The fourth-order valence-electron chi connectivity index (χ4n) is 1.26. The molecule has 2 aromatic rings. The van der Waals surface area contributed by atoms with Crippen LogP contribution in [-0.4, -0.2) is 15.9 Å². The number of aromatic nitrogens is 2. The van der Waals surface area contributed by atoms with Gasteiger partial charge >= 0.3 is 0 Å². The van der Waals surface area contributed by atoms with Gasteiger partial charge in [0.1, 0.15) is 16.5 Å². The monoisotopic (exact) mass is 283 g/mol. The van der Waals surface area contributed by atoms with Crippen molar-refractivity contribution in [1.82, 2.24) is 15.3 Å². The summed E-state index contributed by atoms with van der Waals surface area (Å²) < 4.78 is 0. The van der Waals surface area contributed by atoms with E-state index < -0.39 is 0 Å². The number of carbonyl (C=O) groups excluding carboxylic acids is 1. The molecule has 0 fully saturated rings. The van der Waals surface area contributed by atoms with Crippen LogP contribution in [0.15, 0.2) is 23.7 Å². The fourth-order valence-corrected chi connectivity index (χ4v) is 2.01. The molecule has 8 heteroatoms. The molecule has 0 bridgehead atoms. The molecule has 2 aromatic heterocycles. The van der Waals surface area contributed by atoms with E-state index >= 15 is 0 Å². The van der Waals surface area contributed by atoms with Gasteiger partial charge in [-0.05, 0) is 12.1 Å². The van der Waals surface area contributed by atoms with Gasteiger partial charge < -0.3 is 10.7 Å². The van der Waals surface area contributed by atoms with E-state index in [4.69, 9.17) is 17.4 Å². The largest absolute Gasteiger partial charge is 0.344 e. The van der Waals surface area contributed by atoms with Gasteiger partial charge in [-0.3, -0.25) is 4.79 Å². The highest BCUT2D eigenvalue weighted by molar-refractivity contribution is 7.09. The number of nitrogens with two attached hydrogens (primary N) is 1. The second-order valence-corrected chi connectivity index (χ2v) is 4.67. The van der Waals surface area contributed by atoms with E-state index in [9.17, 15) is 4.79 Å². The molecule has 0 spiro atoms. The molecular formula is C10H10ClN5OS. The van der Waals surface area contributed by atoms with Crippen LogP contribution in [0.25, 0.3) is 0 Å². The van der Waals surface area contributed by atoms with Crippen LogP contribution in [0.1, 0.15) is 15.5 Å². The third-order valence-electron chi connectivity index (χ3n) is 2.09. The maximum atomic E-state index is 11.9. The second kappa shape index (κ2) is 5.76. The number of rotatable bonds is 4. The van der Waals surface area contributed by atoms with E-state index in [0.29, 0.717) is 12.4 Å². The van der Waals surface area contributed by atoms with E-state index in [0.717, 1.165) is 5.01 Å². The number of pyridine rings is 1. The number of thiazole rings is 1. The molecule has 0 aliphatic rings. The summed E-state index contributed by atoms with van der Waals surface area (Å²) in [5, 5.41) is 5.61. The number of anilines is 1. The van der Waals surface area contributed by atoms with Gasteiger partial charge in [-0.25, -0.2) is 15.8 Å². The Morgan fingerprint density at radius 1 is 1.50 bits per heavy atom. The zero-order valence-corrected chi connectivity index (χ0v) is 10.8. The van der Waals surface area contributed by atoms with Crippen molar-refractivity contribution in [3.63, 3.8) is 0 Å². The Morgan fingerprint density at radius 2 is 2.33 bits per heavy atom. The number of carbonyl (C=O) groups is 1. The number of hydrogen-bond donors (Lipinski definition) is 3. The van der Waals surface area contributed by atoms with Crippen molar-refractivity contribution in [1.29, 1.82) is 0 Å². The van der Waals surface area contributed by atoms with Gasteiger partial charge in [0.05, 0.1) is 11.6 Å². The van der Waals surface area contributed by atoms with Gasteiger partial charge in [-0.1, -0.05) is 11.6 Å². The van der Waals surface area contributed by atoms with Gasteiger partial charge in [-0.15, -0.1) is 11.3 Å². The molecule has 4 N–H and O–H groups in total. The maximum absolute atomic E-state index is 11.9. The van der Waals surface area contributed by atoms with E-state index in [1.165, 1.54) is 11.3 Å². The van der Waals surface area contributed by atoms with E-state index in [1.807, 2.05) is 5.38 Å². The predicted octanol–water partition coefficient (Wildman–Crippen LogP) is 1.41. The first kappa shape index (κ1) is 12.7. The third-order valence-corrected chi connectivity index (χ3v) is 3.18. The Bertz CT molecular complexity index is 545. The topological polar surface area (TPSA) is 92.9 Å². The van der Waals surface area contributed by atoms with Crippen LogP contribution < -0.4 is 16.6 Å². The number of nitrogens with zero attached hydrogens (tertiary/aromatic N) is 2. The number of halogens is 1. The van der Waals surface area contributed by atoms with Gasteiger partial charge in [0.2, 0.25) is 0 Å².